The second kappa shape index (κ2) is 8.09. The Morgan fingerprint density at radius 3 is 2.48 bits per heavy atom. The maximum atomic E-state index is 11.8. The highest BCUT2D eigenvalue weighted by atomic mass is 16.6. The molecule has 1 aliphatic rings. The number of rotatable bonds is 8. The largest absolute Gasteiger partial charge is 0.494 e. The van der Waals surface area contributed by atoms with Gasteiger partial charge in [0.2, 0.25) is 0 Å². The van der Waals surface area contributed by atoms with Crippen molar-refractivity contribution in [2.24, 2.45) is 0 Å². The molecule has 1 aromatic rings. The van der Waals surface area contributed by atoms with Crippen molar-refractivity contribution in [3.63, 3.8) is 0 Å². The van der Waals surface area contributed by atoms with Gasteiger partial charge in [0.1, 0.15) is 11.5 Å². The van der Waals surface area contributed by atoms with Gasteiger partial charge in [-0.25, -0.2) is 9.59 Å². The van der Waals surface area contributed by atoms with Gasteiger partial charge in [-0.3, -0.25) is 0 Å². The van der Waals surface area contributed by atoms with Crippen LogP contribution in [-0.2, 0) is 9.53 Å². The van der Waals surface area contributed by atoms with E-state index in [-0.39, 0.29) is 12.1 Å². The van der Waals surface area contributed by atoms with E-state index in [1.165, 1.54) is 0 Å². The van der Waals surface area contributed by atoms with E-state index < -0.39 is 11.6 Å². The molecule has 1 heterocycles. The molecule has 25 heavy (non-hydrogen) atoms. The number of urea groups is 1. The topological polar surface area (TPSA) is 77.1 Å². The van der Waals surface area contributed by atoms with Gasteiger partial charge in [0.25, 0.3) is 0 Å². The van der Waals surface area contributed by atoms with Crippen molar-refractivity contribution < 1.29 is 23.8 Å². The van der Waals surface area contributed by atoms with Crippen LogP contribution in [0, 0.1) is 0 Å². The molecule has 0 aliphatic carbocycles. The lowest BCUT2D eigenvalue weighted by atomic mass is 10.1. The first kappa shape index (κ1) is 18.9. The summed E-state index contributed by atoms with van der Waals surface area (Å²) in [6.07, 6.45) is 0.753. The number of benzene rings is 1. The lowest BCUT2D eigenvalue weighted by Crippen LogP contribution is -2.39. The molecule has 1 saturated heterocycles. The number of nitrogens with zero attached hydrogens (tertiary/aromatic N) is 1. The lowest BCUT2D eigenvalue weighted by molar-refractivity contribution is -0.158. The Labute approximate surface area is 148 Å². The van der Waals surface area contributed by atoms with Crippen LogP contribution in [0.25, 0.3) is 0 Å². The van der Waals surface area contributed by atoms with Gasteiger partial charge >= 0.3 is 12.0 Å². The van der Waals surface area contributed by atoms with Crippen molar-refractivity contribution in [1.82, 2.24) is 10.2 Å². The van der Waals surface area contributed by atoms with Crippen molar-refractivity contribution in [2.75, 3.05) is 26.8 Å². The molecular weight excluding hydrogens is 324 g/mol. The van der Waals surface area contributed by atoms with Gasteiger partial charge in [0.15, 0.2) is 5.60 Å². The van der Waals surface area contributed by atoms with Gasteiger partial charge in [-0.05, 0) is 45.0 Å². The second-order valence-electron chi connectivity index (χ2n) is 6.39. The summed E-state index contributed by atoms with van der Waals surface area (Å²) in [5.41, 5.74) is -1.05. The predicted molar refractivity (Wildman–Crippen MR) is 92.8 cm³/mol. The lowest BCUT2D eigenvalue weighted by Gasteiger charge is -2.24. The van der Waals surface area contributed by atoms with Crippen LogP contribution >= 0.6 is 0 Å². The summed E-state index contributed by atoms with van der Waals surface area (Å²) in [6.45, 7) is 6.57. The molecule has 1 aromatic carbocycles. The van der Waals surface area contributed by atoms with Gasteiger partial charge in [-0.2, -0.15) is 0 Å². The van der Waals surface area contributed by atoms with E-state index in [2.05, 4.69) is 5.32 Å². The predicted octanol–water partition coefficient (Wildman–Crippen LogP) is 2.20. The standard InChI is InChI=1S/C18H26N2O5/c1-5-23-16(21)18(2,3)25-15-8-6-14(7-9-15)24-11-10-13-12-19-17(22)20(13)4/h6-9,13H,5,10-12H2,1-4H3,(H,19,22). The molecule has 0 aromatic heterocycles. The summed E-state index contributed by atoms with van der Waals surface area (Å²) in [5.74, 6) is 0.871. The number of amides is 2. The summed E-state index contributed by atoms with van der Waals surface area (Å²) < 4.78 is 16.4. The Kier molecular flexibility index (Phi) is 6.12. The van der Waals surface area contributed by atoms with Crippen molar-refractivity contribution in [1.29, 1.82) is 0 Å². The van der Waals surface area contributed by atoms with E-state index >= 15 is 0 Å². The van der Waals surface area contributed by atoms with Crippen molar-refractivity contribution in [3.05, 3.63) is 24.3 Å². The summed E-state index contributed by atoms with van der Waals surface area (Å²) >= 11 is 0. The molecule has 1 unspecified atom stereocenters. The Balaban J connectivity index is 1.81. The van der Waals surface area contributed by atoms with Gasteiger partial charge in [0.05, 0.1) is 19.3 Å². The van der Waals surface area contributed by atoms with E-state index in [1.54, 1.807) is 57.0 Å². The van der Waals surface area contributed by atoms with Crippen LogP contribution in [0.1, 0.15) is 27.2 Å². The quantitative estimate of drug-likeness (QED) is 0.727. The highest BCUT2D eigenvalue weighted by Gasteiger charge is 2.31. The molecule has 1 N–H and O–H groups in total. The van der Waals surface area contributed by atoms with Crippen molar-refractivity contribution in [2.45, 2.75) is 38.8 Å². The number of hydrogen-bond donors (Lipinski definition) is 1. The summed E-state index contributed by atoms with van der Waals surface area (Å²) in [6, 6.07) is 7.19. The minimum absolute atomic E-state index is 0.0456. The number of nitrogens with one attached hydrogen (secondary N) is 1. The minimum atomic E-state index is -1.05. The van der Waals surface area contributed by atoms with Crippen LogP contribution in [0.3, 0.4) is 0 Å². The van der Waals surface area contributed by atoms with Gasteiger partial charge < -0.3 is 24.4 Å². The van der Waals surface area contributed by atoms with E-state index in [0.29, 0.717) is 31.3 Å². The van der Waals surface area contributed by atoms with E-state index in [1.807, 2.05) is 0 Å². The zero-order chi connectivity index (χ0) is 18.4. The van der Waals surface area contributed by atoms with Gasteiger partial charge in [-0.1, -0.05) is 0 Å². The second-order valence-corrected chi connectivity index (χ2v) is 6.39. The number of carbonyl (C=O) groups is 2. The smallest absolute Gasteiger partial charge is 0.349 e. The third-order valence-corrected chi connectivity index (χ3v) is 4.04. The number of ether oxygens (including phenoxy) is 3. The summed E-state index contributed by atoms with van der Waals surface area (Å²) in [4.78, 5) is 24.9. The average molecular weight is 350 g/mol. The Morgan fingerprint density at radius 2 is 1.92 bits per heavy atom. The van der Waals surface area contributed by atoms with Crippen LogP contribution in [0.15, 0.2) is 24.3 Å². The molecule has 1 fully saturated rings. The molecule has 2 rings (SSSR count). The highest BCUT2D eigenvalue weighted by Crippen LogP contribution is 2.23. The zero-order valence-electron chi connectivity index (χ0n) is 15.2. The van der Waals surface area contributed by atoms with Crippen molar-refractivity contribution >= 4 is 12.0 Å². The minimum Gasteiger partial charge on any atom is -0.494 e. The Morgan fingerprint density at radius 1 is 1.28 bits per heavy atom. The third kappa shape index (κ3) is 5.01. The van der Waals surface area contributed by atoms with E-state index in [0.717, 1.165) is 6.42 Å². The molecule has 138 valence electrons. The van der Waals surface area contributed by atoms with Crippen LogP contribution in [0.2, 0.25) is 0 Å². The number of carbonyl (C=O) groups excluding carboxylic acids is 2. The molecule has 0 saturated carbocycles. The Bertz CT molecular complexity index is 600. The molecule has 2 amide bonds. The maximum Gasteiger partial charge on any atom is 0.349 e. The monoisotopic (exact) mass is 350 g/mol. The molecule has 1 atom stereocenters. The number of hydrogen-bond acceptors (Lipinski definition) is 5. The van der Waals surface area contributed by atoms with Gasteiger partial charge in [0, 0.05) is 20.0 Å². The fraction of sp³-hybridized carbons (Fsp3) is 0.556. The first-order chi connectivity index (χ1) is 11.8. The molecule has 0 radical (unpaired) electrons. The summed E-state index contributed by atoms with van der Waals surface area (Å²) in [7, 11) is 1.78. The van der Waals surface area contributed by atoms with Crippen LogP contribution in [0.5, 0.6) is 11.5 Å². The van der Waals surface area contributed by atoms with Gasteiger partial charge in [-0.15, -0.1) is 0 Å². The molecular formula is C18H26N2O5. The van der Waals surface area contributed by atoms with Crippen LogP contribution in [0.4, 0.5) is 4.79 Å². The van der Waals surface area contributed by atoms with E-state index in [4.69, 9.17) is 14.2 Å². The summed E-state index contributed by atoms with van der Waals surface area (Å²) in [5, 5.41) is 2.79. The third-order valence-electron chi connectivity index (χ3n) is 4.04. The maximum absolute atomic E-state index is 11.8. The van der Waals surface area contributed by atoms with Crippen molar-refractivity contribution in [3.8, 4) is 11.5 Å². The SMILES string of the molecule is CCOC(=O)C(C)(C)Oc1ccc(OCCC2CNC(=O)N2C)cc1. The fourth-order valence-corrected chi connectivity index (χ4v) is 2.49. The average Bonchev–Trinajstić information content (AvgIpc) is 2.88. The number of likely N-dealkylation sites (N-methyl/N-ethyl adjacent to an activating group) is 1. The van der Waals surface area contributed by atoms with Crippen LogP contribution < -0.4 is 14.8 Å². The fourth-order valence-electron chi connectivity index (χ4n) is 2.49. The first-order valence-corrected chi connectivity index (χ1v) is 8.43. The van der Waals surface area contributed by atoms with E-state index in [9.17, 15) is 9.59 Å². The molecule has 7 nitrogen and oxygen atoms in total. The number of esters is 1. The highest BCUT2D eigenvalue weighted by molar-refractivity contribution is 5.79. The normalized spacial score (nSPS) is 17.2. The van der Waals surface area contributed by atoms with Crippen LogP contribution in [-0.4, -0.2) is 55.3 Å². The molecule has 1 aliphatic heterocycles. The zero-order valence-corrected chi connectivity index (χ0v) is 15.2. The molecule has 7 heteroatoms. The first-order valence-electron chi connectivity index (χ1n) is 8.43. The molecule has 0 bridgehead atoms. The Hall–Kier alpha value is -2.44. The molecule has 0 spiro atoms.